The zero-order valence-corrected chi connectivity index (χ0v) is 13.4. The van der Waals surface area contributed by atoms with Crippen LogP contribution in [0.5, 0.6) is 0 Å². The van der Waals surface area contributed by atoms with Crippen LogP contribution in [0, 0.1) is 6.92 Å². The van der Waals surface area contributed by atoms with Crippen molar-refractivity contribution in [1.82, 2.24) is 0 Å². The van der Waals surface area contributed by atoms with E-state index in [0.29, 0.717) is 16.9 Å². The van der Waals surface area contributed by atoms with Crippen LogP contribution < -0.4 is 11.1 Å². The second kappa shape index (κ2) is 6.44. The van der Waals surface area contributed by atoms with Crippen LogP contribution in [0.3, 0.4) is 0 Å². The van der Waals surface area contributed by atoms with Crippen molar-refractivity contribution in [2.75, 3.05) is 34.6 Å². The lowest BCUT2D eigenvalue weighted by atomic mass is 10.1. The van der Waals surface area contributed by atoms with Gasteiger partial charge in [0, 0.05) is 17.6 Å². The molecule has 0 atom stereocenters. The van der Waals surface area contributed by atoms with Crippen LogP contribution in [0.25, 0.3) is 0 Å². The third-order valence-electron chi connectivity index (χ3n) is 2.77. The van der Waals surface area contributed by atoms with E-state index in [-0.39, 0.29) is 0 Å². The Balaban J connectivity index is 2.71. The molecular formula is C12H18N2O5S2. The number of rotatable bonds is 6. The van der Waals surface area contributed by atoms with Crippen LogP contribution in [0.2, 0.25) is 0 Å². The largest absolute Gasteiger partial charge is 0.398 e. The predicted molar refractivity (Wildman–Crippen MR) is 82.6 cm³/mol. The number of hydrogen-bond acceptors (Lipinski definition) is 6. The van der Waals surface area contributed by atoms with E-state index in [2.05, 4.69) is 5.32 Å². The number of carbonyl (C=O) groups is 1. The molecule has 21 heavy (non-hydrogen) atoms. The zero-order valence-electron chi connectivity index (χ0n) is 11.8. The van der Waals surface area contributed by atoms with Gasteiger partial charge in [0.2, 0.25) is 5.91 Å². The van der Waals surface area contributed by atoms with Crippen LogP contribution >= 0.6 is 0 Å². The molecule has 7 nitrogen and oxygen atoms in total. The molecule has 0 saturated heterocycles. The number of nitrogens with one attached hydrogen (secondary N) is 1. The van der Waals surface area contributed by atoms with Crippen LogP contribution in [0.4, 0.5) is 11.4 Å². The van der Waals surface area contributed by atoms with Crippen molar-refractivity contribution in [3.63, 3.8) is 0 Å². The van der Waals surface area contributed by atoms with Gasteiger partial charge >= 0.3 is 0 Å². The summed E-state index contributed by atoms with van der Waals surface area (Å²) >= 11 is 0. The lowest BCUT2D eigenvalue weighted by molar-refractivity contribution is -0.113. The van der Waals surface area contributed by atoms with Gasteiger partial charge in [-0.1, -0.05) is 6.07 Å². The van der Waals surface area contributed by atoms with Crippen molar-refractivity contribution in [3.05, 3.63) is 23.8 Å². The van der Waals surface area contributed by atoms with Crippen molar-refractivity contribution < 1.29 is 21.6 Å². The minimum Gasteiger partial charge on any atom is -0.398 e. The zero-order chi connectivity index (χ0) is 16.3. The molecule has 1 amide bonds. The first-order valence-corrected chi connectivity index (χ1v) is 9.91. The second-order valence-electron chi connectivity index (χ2n) is 4.79. The van der Waals surface area contributed by atoms with Gasteiger partial charge in [-0.2, -0.15) is 0 Å². The molecule has 3 N–H and O–H groups in total. The third-order valence-corrected chi connectivity index (χ3v) is 5.50. The van der Waals surface area contributed by atoms with E-state index in [0.717, 1.165) is 6.26 Å². The van der Waals surface area contributed by atoms with Crippen LogP contribution in [0.1, 0.15) is 5.56 Å². The molecule has 0 aliphatic heterocycles. The first kappa shape index (κ1) is 17.4. The van der Waals surface area contributed by atoms with Crippen molar-refractivity contribution in [2.24, 2.45) is 0 Å². The number of anilines is 2. The first-order chi connectivity index (χ1) is 9.50. The van der Waals surface area contributed by atoms with Gasteiger partial charge in [-0.3, -0.25) is 4.79 Å². The van der Waals surface area contributed by atoms with Gasteiger partial charge in [0.15, 0.2) is 9.84 Å². The highest BCUT2D eigenvalue weighted by molar-refractivity contribution is 7.95. The second-order valence-corrected chi connectivity index (χ2v) is 9.23. The van der Waals surface area contributed by atoms with Gasteiger partial charge in [0.1, 0.15) is 15.6 Å². The summed E-state index contributed by atoms with van der Waals surface area (Å²) in [7, 11) is -7.17. The number of carbonyl (C=O) groups excluding carboxylic acids is 1. The molecule has 0 aliphatic carbocycles. The molecule has 0 saturated carbocycles. The van der Waals surface area contributed by atoms with Gasteiger partial charge in [0.05, 0.1) is 11.5 Å². The summed E-state index contributed by atoms with van der Waals surface area (Å²) in [5.41, 5.74) is 7.23. The highest BCUT2D eigenvalue weighted by Crippen LogP contribution is 2.20. The molecule has 9 heteroatoms. The minimum absolute atomic E-state index is 0.429. The van der Waals surface area contributed by atoms with E-state index < -0.39 is 42.8 Å². The van der Waals surface area contributed by atoms with E-state index >= 15 is 0 Å². The molecule has 0 radical (unpaired) electrons. The number of sulfone groups is 2. The molecule has 1 aromatic carbocycles. The Morgan fingerprint density at radius 3 is 2.38 bits per heavy atom. The summed E-state index contributed by atoms with van der Waals surface area (Å²) in [6.07, 6.45) is 0.943. The molecule has 0 aromatic heterocycles. The van der Waals surface area contributed by atoms with E-state index in [1.54, 1.807) is 25.1 Å². The van der Waals surface area contributed by atoms with Gasteiger partial charge < -0.3 is 11.1 Å². The van der Waals surface area contributed by atoms with Crippen molar-refractivity contribution in [1.29, 1.82) is 0 Å². The quantitative estimate of drug-likeness (QED) is 0.704. The summed E-state index contributed by atoms with van der Waals surface area (Å²) in [6, 6.07) is 4.90. The summed E-state index contributed by atoms with van der Waals surface area (Å²) in [6.45, 7) is 1.70. The van der Waals surface area contributed by atoms with Gasteiger partial charge in [-0.25, -0.2) is 16.8 Å². The molecule has 0 aliphatic rings. The van der Waals surface area contributed by atoms with E-state index in [9.17, 15) is 21.6 Å². The Hall–Kier alpha value is -1.61. The lowest BCUT2D eigenvalue weighted by Crippen LogP contribution is -2.27. The summed E-state index contributed by atoms with van der Waals surface area (Å²) in [4.78, 5) is 11.7. The third kappa shape index (κ3) is 6.13. The molecule has 0 heterocycles. The fourth-order valence-corrected chi connectivity index (χ4v) is 4.37. The fourth-order valence-electron chi connectivity index (χ4n) is 1.53. The molecule has 0 unspecified atom stereocenters. The van der Waals surface area contributed by atoms with Crippen LogP contribution in [0.15, 0.2) is 18.2 Å². The smallest absolute Gasteiger partial charge is 0.239 e. The van der Waals surface area contributed by atoms with Crippen molar-refractivity contribution in [2.45, 2.75) is 6.92 Å². The Labute approximate surface area is 124 Å². The average Bonchev–Trinajstić information content (AvgIpc) is 2.31. The SMILES string of the molecule is Cc1c(N)cccc1NC(=O)CS(=O)(=O)CCS(C)(=O)=O. The van der Waals surface area contributed by atoms with Crippen molar-refractivity contribution >= 4 is 37.0 Å². The fraction of sp³-hybridized carbons (Fsp3) is 0.417. The van der Waals surface area contributed by atoms with Gasteiger partial charge in [-0.15, -0.1) is 0 Å². The lowest BCUT2D eigenvalue weighted by Gasteiger charge is -2.10. The van der Waals surface area contributed by atoms with Gasteiger partial charge in [0.25, 0.3) is 0 Å². The maximum atomic E-state index is 11.7. The summed E-state index contributed by atoms with van der Waals surface area (Å²) < 4.78 is 45.3. The van der Waals surface area contributed by atoms with E-state index in [1.807, 2.05) is 0 Å². The highest BCUT2D eigenvalue weighted by Gasteiger charge is 2.19. The Morgan fingerprint density at radius 2 is 1.81 bits per heavy atom. The Kier molecular flexibility index (Phi) is 5.35. The monoisotopic (exact) mass is 334 g/mol. The normalized spacial score (nSPS) is 12.1. The minimum atomic E-state index is -3.78. The molecule has 118 valence electrons. The van der Waals surface area contributed by atoms with E-state index in [4.69, 9.17) is 5.73 Å². The Morgan fingerprint density at radius 1 is 1.19 bits per heavy atom. The average molecular weight is 334 g/mol. The number of nitrogens with two attached hydrogens (primary N) is 1. The summed E-state index contributed by atoms with van der Waals surface area (Å²) in [5, 5.41) is 2.46. The standard InChI is InChI=1S/C12H18N2O5S2/c1-9-10(13)4-3-5-11(9)14-12(15)8-21(18,19)7-6-20(2,16)17/h3-5H,6-8,13H2,1-2H3,(H,14,15). The molecule has 1 aromatic rings. The first-order valence-electron chi connectivity index (χ1n) is 6.03. The molecule has 0 fully saturated rings. The maximum Gasteiger partial charge on any atom is 0.239 e. The van der Waals surface area contributed by atoms with Gasteiger partial charge in [-0.05, 0) is 24.6 Å². The van der Waals surface area contributed by atoms with Crippen LogP contribution in [-0.4, -0.2) is 46.3 Å². The molecular weight excluding hydrogens is 316 g/mol. The molecule has 0 bridgehead atoms. The Bertz CT molecular complexity index is 739. The topological polar surface area (TPSA) is 123 Å². The molecule has 0 spiro atoms. The number of hydrogen-bond donors (Lipinski definition) is 2. The summed E-state index contributed by atoms with van der Waals surface area (Å²) in [5.74, 6) is -2.57. The highest BCUT2D eigenvalue weighted by atomic mass is 32.2. The predicted octanol–water partition coefficient (Wildman–Crippen LogP) is -0.0249. The number of amides is 1. The molecule has 1 rings (SSSR count). The number of nitrogen functional groups attached to an aromatic ring is 1. The number of benzene rings is 1. The maximum absolute atomic E-state index is 11.7. The van der Waals surface area contributed by atoms with E-state index in [1.165, 1.54) is 0 Å². The van der Waals surface area contributed by atoms with Crippen LogP contribution in [-0.2, 0) is 24.5 Å². The van der Waals surface area contributed by atoms with Crippen molar-refractivity contribution in [3.8, 4) is 0 Å².